The normalized spacial score (nSPS) is 13.1. The minimum Gasteiger partial charge on any atom is -0.497 e. The van der Waals surface area contributed by atoms with Crippen LogP contribution in [-0.4, -0.2) is 59.1 Å². The van der Waals surface area contributed by atoms with Crippen LogP contribution in [0.1, 0.15) is 77.1 Å². The Hall–Kier alpha value is -3.20. The smallest absolute Gasteiger partial charge is 0.408 e. The zero-order valence-electron chi connectivity index (χ0n) is 26.2. The second-order valence-electron chi connectivity index (χ2n) is 11.8. The lowest BCUT2D eigenvalue weighted by atomic mass is 9.88. The summed E-state index contributed by atoms with van der Waals surface area (Å²) in [7, 11) is 1.58. The lowest BCUT2D eigenvalue weighted by Gasteiger charge is -2.45. The van der Waals surface area contributed by atoms with Crippen molar-refractivity contribution in [1.29, 1.82) is 0 Å². The van der Waals surface area contributed by atoms with Crippen molar-refractivity contribution in [2.75, 3.05) is 24.4 Å². The van der Waals surface area contributed by atoms with Gasteiger partial charge >= 0.3 is 6.09 Å². The summed E-state index contributed by atoms with van der Waals surface area (Å²) in [5.74, 6) is 0.624. The number of benzene rings is 2. The van der Waals surface area contributed by atoms with Crippen molar-refractivity contribution in [2.45, 2.75) is 91.5 Å². The monoisotopic (exact) mass is 585 g/mol. The molecule has 0 saturated heterocycles. The van der Waals surface area contributed by atoms with Gasteiger partial charge < -0.3 is 25.0 Å². The molecule has 9 heteroatoms. The Morgan fingerprint density at radius 3 is 2.05 bits per heavy atom. The van der Waals surface area contributed by atoms with Crippen LogP contribution in [0, 0.1) is 13.8 Å². The number of carbonyl (C=O) groups is 3. The second kappa shape index (κ2) is 14.6. The van der Waals surface area contributed by atoms with Gasteiger partial charge in [0.25, 0.3) is 5.91 Å². The lowest BCUT2D eigenvalue weighted by Crippen LogP contribution is -2.59. The first-order valence-electron chi connectivity index (χ1n) is 14.0. The van der Waals surface area contributed by atoms with E-state index in [-0.39, 0.29) is 11.8 Å². The van der Waals surface area contributed by atoms with Gasteiger partial charge in [-0.2, -0.15) is 11.8 Å². The molecule has 2 atom stereocenters. The fourth-order valence-electron chi connectivity index (χ4n) is 4.58. The first-order chi connectivity index (χ1) is 19.1. The van der Waals surface area contributed by atoms with Gasteiger partial charge in [-0.1, -0.05) is 25.1 Å². The number of hydrogen-bond donors (Lipinski definition) is 2. The number of amides is 3. The van der Waals surface area contributed by atoms with Crippen molar-refractivity contribution in [2.24, 2.45) is 0 Å². The van der Waals surface area contributed by atoms with Crippen LogP contribution in [0.4, 0.5) is 10.5 Å². The zero-order chi connectivity index (χ0) is 31.0. The molecule has 2 aromatic carbocycles. The van der Waals surface area contributed by atoms with E-state index in [0.717, 1.165) is 16.7 Å². The van der Waals surface area contributed by atoms with E-state index in [4.69, 9.17) is 9.47 Å². The van der Waals surface area contributed by atoms with Gasteiger partial charge in [0, 0.05) is 11.2 Å². The van der Waals surface area contributed by atoms with Gasteiger partial charge in [-0.25, -0.2) is 4.79 Å². The van der Waals surface area contributed by atoms with Crippen LogP contribution in [0.3, 0.4) is 0 Å². The number of alkyl carbamates (subject to hydrolysis) is 1. The molecule has 2 unspecified atom stereocenters. The van der Waals surface area contributed by atoms with Crippen molar-refractivity contribution in [3.05, 3.63) is 59.2 Å². The highest BCUT2D eigenvalue weighted by atomic mass is 32.2. The Labute approximate surface area is 249 Å². The molecule has 2 N–H and O–H groups in total. The average Bonchev–Trinajstić information content (AvgIpc) is 2.89. The van der Waals surface area contributed by atoms with Crippen LogP contribution in [0.15, 0.2) is 42.5 Å². The van der Waals surface area contributed by atoms with E-state index in [1.165, 1.54) is 0 Å². The first kappa shape index (κ1) is 34.0. The Kier molecular flexibility index (Phi) is 12.1. The van der Waals surface area contributed by atoms with E-state index in [2.05, 4.69) is 10.6 Å². The van der Waals surface area contributed by atoms with E-state index >= 15 is 0 Å². The van der Waals surface area contributed by atoms with Crippen LogP contribution >= 0.6 is 11.8 Å². The molecule has 0 spiro atoms. The highest BCUT2D eigenvalue weighted by Crippen LogP contribution is 2.36. The molecule has 226 valence electrons. The summed E-state index contributed by atoms with van der Waals surface area (Å²) in [6, 6.07) is 11.1. The second-order valence-corrected chi connectivity index (χ2v) is 12.8. The number of aryl methyl sites for hydroxylation is 2. The SMILES string of the molecule is CCC(C)(C)N(C(=O)C(CCSC)NC(=O)OC(C)(C)C)C(C(=O)Nc1ccc(OC)cc1)c1c(C)cccc1C. The van der Waals surface area contributed by atoms with Crippen molar-refractivity contribution in [1.82, 2.24) is 10.2 Å². The number of ether oxygens (including phenoxy) is 2. The highest BCUT2D eigenvalue weighted by molar-refractivity contribution is 7.98. The Balaban J connectivity index is 2.68. The summed E-state index contributed by atoms with van der Waals surface area (Å²) in [4.78, 5) is 43.4. The standard InChI is InChI=1S/C32H47N3O5S/c1-11-32(7,8)35(29(37)25(19-20-41-10)34-30(38)40-31(4,5)6)27(26-21(2)13-12-14-22(26)3)28(36)33-23-15-17-24(39-9)18-16-23/h12-18,25,27H,11,19-20H2,1-10H3,(H,33,36)(H,34,38). The molecule has 0 aliphatic carbocycles. The minimum absolute atomic E-state index is 0.339. The Morgan fingerprint density at radius 2 is 1.56 bits per heavy atom. The molecule has 0 aromatic heterocycles. The number of carbonyl (C=O) groups excluding carboxylic acids is 3. The number of nitrogens with zero attached hydrogens (tertiary/aromatic N) is 1. The topological polar surface area (TPSA) is 97.0 Å². The highest BCUT2D eigenvalue weighted by Gasteiger charge is 2.44. The number of thioether (sulfide) groups is 1. The number of nitrogens with one attached hydrogen (secondary N) is 2. The molecule has 2 aromatic rings. The molecular formula is C32H47N3O5S. The van der Waals surface area contributed by atoms with Crippen molar-refractivity contribution >= 4 is 35.4 Å². The van der Waals surface area contributed by atoms with E-state index < -0.39 is 29.3 Å². The largest absolute Gasteiger partial charge is 0.497 e. The molecule has 3 amide bonds. The van der Waals surface area contributed by atoms with Crippen LogP contribution in [0.2, 0.25) is 0 Å². The Bertz CT molecular complexity index is 1170. The van der Waals surface area contributed by atoms with Gasteiger partial charge in [-0.3, -0.25) is 9.59 Å². The maximum absolute atomic E-state index is 14.6. The number of rotatable bonds is 12. The molecule has 0 bridgehead atoms. The van der Waals surface area contributed by atoms with E-state index in [1.807, 2.05) is 59.1 Å². The van der Waals surface area contributed by atoms with Crippen molar-refractivity contribution in [3.63, 3.8) is 0 Å². The van der Waals surface area contributed by atoms with Gasteiger partial charge in [-0.05, 0) is 114 Å². The summed E-state index contributed by atoms with van der Waals surface area (Å²) in [6.07, 6.45) is 2.25. The fourth-order valence-corrected chi connectivity index (χ4v) is 5.05. The molecule has 41 heavy (non-hydrogen) atoms. The van der Waals surface area contributed by atoms with Gasteiger partial charge in [0.05, 0.1) is 7.11 Å². The molecule has 0 radical (unpaired) electrons. The van der Waals surface area contributed by atoms with Crippen LogP contribution in [0.5, 0.6) is 5.75 Å². The molecule has 2 rings (SSSR count). The molecular weight excluding hydrogens is 538 g/mol. The molecule has 0 fully saturated rings. The van der Waals surface area contributed by atoms with Gasteiger partial charge in [0.2, 0.25) is 5.91 Å². The van der Waals surface area contributed by atoms with E-state index in [9.17, 15) is 14.4 Å². The molecule has 0 heterocycles. The van der Waals surface area contributed by atoms with Crippen LogP contribution in [-0.2, 0) is 14.3 Å². The Morgan fingerprint density at radius 1 is 0.976 bits per heavy atom. The number of anilines is 1. The third kappa shape index (κ3) is 9.42. The quantitative estimate of drug-likeness (QED) is 0.289. The van der Waals surface area contributed by atoms with Crippen molar-refractivity contribution in [3.8, 4) is 5.75 Å². The zero-order valence-corrected chi connectivity index (χ0v) is 27.0. The van der Waals surface area contributed by atoms with E-state index in [1.54, 1.807) is 68.8 Å². The molecule has 0 aliphatic heterocycles. The first-order valence-corrected chi connectivity index (χ1v) is 15.4. The van der Waals surface area contributed by atoms with E-state index in [0.29, 0.717) is 30.0 Å². The van der Waals surface area contributed by atoms with Crippen LogP contribution in [0.25, 0.3) is 0 Å². The third-order valence-corrected chi connectivity index (χ3v) is 7.68. The fraction of sp³-hybridized carbons (Fsp3) is 0.531. The summed E-state index contributed by atoms with van der Waals surface area (Å²) in [6.45, 7) is 15.1. The summed E-state index contributed by atoms with van der Waals surface area (Å²) in [5.41, 5.74) is 1.67. The van der Waals surface area contributed by atoms with Crippen molar-refractivity contribution < 1.29 is 23.9 Å². The van der Waals surface area contributed by atoms with Gasteiger partial charge in [0.1, 0.15) is 23.4 Å². The molecule has 0 saturated carbocycles. The molecule has 0 aliphatic rings. The minimum atomic E-state index is -0.960. The summed E-state index contributed by atoms with van der Waals surface area (Å²) < 4.78 is 10.8. The number of hydrogen-bond acceptors (Lipinski definition) is 6. The maximum atomic E-state index is 14.6. The van der Waals surface area contributed by atoms with Crippen LogP contribution < -0.4 is 15.4 Å². The van der Waals surface area contributed by atoms with Gasteiger partial charge in [0.15, 0.2) is 0 Å². The maximum Gasteiger partial charge on any atom is 0.408 e. The summed E-state index contributed by atoms with van der Waals surface area (Å²) >= 11 is 1.58. The number of methoxy groups -OCH3 is 1. The predicted octanol–water partition coefficient (Wildman–Crippen LogP) is 6.66. The summed E-state index contributed by atoms with van der Waals surface area (Å²) in [5, 5.41) is 5.84. The lowest BCUT2D eigenvalue weighted by molar-refractivity contribution is -0.147. The van der Waals surface area contributed by atoms with Gasteiger partial charge in [-0.15, -0.1) is 0 Å². The average molecular weight is 586 g/mol. The predicted molar refractivity (Wildman–Crippen MR) is 168 cm³/mol. The third-order valence-electron chi connectivity index (χ3n) is 7.03. The molecule has 8 nitrogen and oxygen atoms in total.